The number of H-pyrrole nitrogens is 1. The molecule has 3 aromatic rings. The average molecular weight is 461 g/mol. The molecule has 31 heavy (non-hydrogen) atoms. The van der Waals surface area contributed by atoms with Crippen molar-refractivity contribution >= 4 is 38.2 Å². The highest BCUT2D eigenvalue weighted by Crippen LogP contribution is 2.37. The molecule has 1 aromatic carbocycles. The van der Waals surface area contributed by atoms with Gasteiger partial charge < -0.3 is 15.6 Å². The van der Waals surface area contributed by atoms with Crippen LogP contribution in [-0.4, -0.2) is 68.0 Å². The van der Waals surface area contributed by atoms with Crippen LogP contribution in [0.3, 0.4) is 0 Å². The van der Waals surface area contributed by atoms with Crippen LogP contribution < -0.4 is 5.73 Å². The molecule has 2 aromatic heterocycles. The number of aromatic amines is 1. The maximum atomic E-state index is 12.6. The number of rotatable bonds is 7. The van der Waals surface area contributed by atoms with E-state index < -0.39 is 15.9 Å². The molecule has 166 valence electrons. The number of nitrogens with zero attached hydrogens (tertiary/aromatic N) is 2. The summed E-state index contributed by atoms with van der Waals surface area (Å²) < 4.78 is 26.9. The second kappa shape index (κ2) is 8.74. The Balaban J connectivity index is 1.60. The second-order valence-corrected chi connectivity index (χ2v) is 11.2. The van der Waals surface area contributed by atoms with E-state index in [2.05, 4.69) is 16.4 Å². The third kappa shape index (κ3) is 4.55. The molecule has 3 N–H and O–H groups in total. The Kier molecular flexibility index (Phi) is 6.20. The lowest BCUT2D eigenvalue weighted by molar-refractivity contribution is 0.100. The Labute approximate surface area is 186 Å². The fourth-order valence-electron chi connectivity index (χ4n) is 4.25. The number of primary amides is 1. The van der Waals surface area contributed by atoms with Crippen LogP contribution in [0, 0.1) is 0 Å². The predicted octanol–water partition coefficient (Wildman–Crippen LogP) is 3.07. The van der Waals surface area contributed by atoms with Crippen molar-refractivity contribution in [1.29, 1.82) is 0 Å². The Morgan fingerprint density at radius 2 is 2.00 bits per heavy atom. The molecule has 1 saturated heterocycles. The normalized spacial score (nSPS) is 16.4. The van der Waals surface area contributed by atoms with Gasteiger partial charge in [-0.1, -0.05) is 0 Å². The number of hydrogen-bond acceptors (Lipinski definition) is 5. The lowest BCUT2D eigenvalue weighted by Crippen LogP contribution is -2.41. The van der Waals surface area contributed by atoms with Crippen molar-refractivity contribution in [1.82, 2.24) is 14.2 Å². The highest BCUT2D eigenvalue weighted by atomic mass is 32.2. The number of carbonyl (C=O) groups excluding carboxylic acids is 1. The Morgan fingerprint density at radius 3 is 2.61 bits per heavy atom. The number of fused-ring (bicyclic) bond motifs is 1. The molecule has 7 nitrogen and oxygen atoms in total. The standard InChI is InChI=1S/C22H28N4O3S2/c1-25(2)8-10-31(28,29)26-6-3-15(4-7-26)20-13-24-21-18(20)11-17(12-19(21)22(23)27)16-5-9-30-14-16/h5,9,11-15,24H,3-4,6-8,10H2,1-2H3,(H2,23,27). The number of thiophene rings is 1. The Morgan fingerprint density at radius 1 is 1.26 bits per heavy atom. The summed E-state index contributed by atoms with van der Waals surface area (Å²) in [5.74, 6) is -0.0891. The topological polar surface area (TPSA) is 99.5 Å². The van der Waals surface area contributed by atoms with Crippen molar-refractivity contribution < 1.29 is 13.2 Å². The van der Waals surface area contributed by atoms with Gasteiger partial charge in [-0.25, -0.2) is 12.7 Å². The Bertz CT molecular complexity index is 1180. The number of piperidine rings is 1. The summed E-state index contributed by atoms with van der Waals surface area (Å²) >= 11 is 1.61. The molecule has 4 rings (SSSR count). The fourth-order valence-corrected chi connectivity index (χ4v) is 6.54. The highest BCUT2D eigenvalue weighted by molar-refractivity contribution is 7.89. The first-order valence-corrected chi connectivity index (χ1v) is 12.9. The lowest BCUT2D eigenvalue weighted by Gasteiger charge is -2.31. The minimum atomic E-state index is -3.24. The molecule has 0 bridgehead atoms. The van der Waals surface area contributed by atoms with Crippen molar-refractivity contribution in [2.45, 2.75) is 18.8 Å². The van der Waals surface area contributed by atoms with Crippen molar-refractivity contribution in [2.24, 2.45) is 5.73 Å². The summed E-state index contributed by atoms with van der Waals surface area (Å²) in [7, 11) is 0.513. The van der Waals surface area contributed by atoms with Crippen LogP contribution in [0.2, 0.25) is 0 Å². The predicted molar refractivity (Wildman–Crippen MR) is 126 cm³/mol. The molecule has 3 heterocycles. The largest absolute Gasteiger partial charge is 0.366 e. The molecule has 0 atom stereocenters. The van der Waals surface area contributed by atoms with Gasteiger partial charge in [-0.15, -0.1) is 0 Å². The first-order chi connectivity index (χ1) is 14.8. The molecule has 1 aliphatic rings. The molecule has 0 unspecified atom stereocenters. The zero-order valence-corrected chi connectivity index (χ0v) is 19.4. The summed E-state index contributed by atoms with van der Waals surface area (Å²) in [6.07, 6.45) is 3.46. The van der Waals surface area contributed by atoms with Gasteiger partial charge in [0.25, 0.3) is 5.91 Å². The van der Waals surface area contributed by atoms with Gasteiger partial charge in [0.2, 0.25) is 10.0 Å². The number of hydrogen-bond donors (Lipinski definition) is 2. The van der Waals surface area contributed by atoms with Gasteiger partial charge in [0.1, 0.15) is 0 Å². The number of nitrogens with one attached hydrogen (secondary N) is 1. The van der Waals surface area contributed by atoms with Gasteiger partial charge in [-0.05, 0) is 78.5 Å². The Hall–Kier alpha value is -2.20. The van der Waals surface area contributed by atoms with Gasteiger partial charge in [0, 0.05) is 31.2 Å². The van der Waals surface area contributed by atoms with Gasteiger partial charge in [0.15, 0.2) is 0 Å². The zero-order chi connectivity index (χ0) is 22.2. The van der Waals surface area contributed by atoms with Gasteiger partial charge in [-0.2, -0.15) is 11.3 Å². The lowest BCUT2D eigenvalue weighted by atomic mass is 9.88. The van der Waals surface area contributed by atoms with Crippen LogP contribution in [0.5, 0.6) is 0 Å². The van der Waals surface area contributed by atoms with Crippen LogP contribution in [0.15, 0.2) is 35.2 Å². The van der Waals surface area contributed by atoms with Crippen LogP contribution in [-0.2, 0) is 10.0 Å². The minimum Gasteiger partial charge on any atom is -0.366 e. The molecule has 0 spiro atoms. The molecular formula is C22H28N4O3S2. The maximum absolute atomic E-state index is 12.6. The molecule has 0 aliphatic carbocycles. The summed E-state index contributed by atoms with van der Waals surface area (Å²) in [4.78, 5) is 17.2. The van der Waals surface area contributed by atoms with Crippen LogP contribution in [0.4, 0.5) is 0 Å². The number of amides is 1. The molecule has 1 fully saturated rings. The van der Waals surface area contributed by atoms with E-state index in [1.807, 2.05) is 42.7 Å². The monoisotopic (exact) mass is 460 g/mol. The molecule has 0 saturated carbocycles. The van der Waals surface area contributed by atoms with Crippen molar-refractivity contribution in [3.63, 3.8) is 0 Å². The summed E-state index contributed by atoms with van der Waals surface area (Å²) in [5, 5.41) is 5.05. The van der Waals surface area contributed by atoms with Crippen LogP contribution >= 0.6 is 11.3 Å². The summed E-state index contributed by atoms with van der Waals surface area (Å²) in [5.41, 5.74) is 10.1. The minimum absolute atomic E-state index is 0.143. The van der Waals surface area contributed by atoms with Gasteiger partial charge in [-0.3, -0.25) is 4.79 Å². The quantitative estimate of drug-likeness (QED) is 0.566. The van der Waals surface area contributed by atoms with E-state index in [4.69, 9.17) is 5.73 Å². The van der Waals surface area contributed by atoms with Gasteiger partial charge in [0.05, 0.1) is 16.8 Å². The van der Waals surface area contributed by atoms with E-state index in [0.717, 1.165) is 40.4 Å². The number of benzene rings is 1. The van der Waals surface area contributed by atoms with E-state index in [9.17, 15) is 13.2 Å². The molecule has 1 amide bonds. The van der Waals surface area contributed by atoms with Gasteiger partial charge >= 0.3 is 0 Å². The zero-order valence-electron chi connectivity index (χ0n) is 17.8. The van der Waals surface area contributed by atoms with Crippen molar-refractivity contribution in [2.75, 3.05) is 39.5 Å². The number of aromatic nitrogens is 1. The number of sulfonamides is 1. The smallest absolute Gasteiger partial charge is 0.250 e. The van der Waals surface area contributed by atoms with E-state index >= 15 is 0 Å². The summed E-state index contributed by atoms with van der Waals surface area (Å²) in [6, 6.07) is 5.97. The van der Waals surface area contributed by atoms with Crippen LogP contribution in [0.1, 0.15) is 34.7 Å². The van der Waals surface area contributed by atoms with E-state index in [-0.39, 0.29) is 11.7 Å². The van der Waals surface area contributed by atoms with E-state index in [1.54, 1.807) is 15.6 Å². The molecular weight excluding hydrogens is 432 g/mol. The molecule has 9 heteroatoms. The number of nitrogens with two attached hydrogens (primary N) is 1. The first kappa shape index (κ1) is 22.0. The van der Waals surface area contributed by atoms with Crippen molar-refractivity contribution in [3.8, 4) is 11.1 Å². The average Bonchev–Trinajstić information content (AvgIpc) is 3.41. The third-order valence-corrected chi connectivity index (χ3v) is 8.56. The SMILES string of the molecule is CN(C)CCS(=O)(=O)N1CCC(c2c[nH]c3c(C(N)=O)cc(-c4ccsc4)cc23)CC1. The number of carbonyl (C=O) groups is 1. The van der Waals surface area contributed by atoms with E-state index in [0.29, 0.717) is 25.2 Å². The molecule has 1 aliphatic heterocycles. The summed E-state index contributed by atoms with van der Waals surface area (Å²) in [6.45, 7) is 1.55. The van der Waals surface area contributed by atoms with Crippen LogP contribution in [0.25, 0.3) is 22.0 Å². The first-order valence-electron chi connectivity index (χ1n) is 10.4. The van der Waals surface area contributed by atoms with E-state index in [1.165, 1.54) is 0 Å². The fraction of sp³-hybridized carbons (Fsp3) is 0.409. The third-order valence-electron chi connectivity index (χ3n) is 6.02. The highest BCUT2D eigenvalue weighted by Gasteiger charge is 2.30. The second-order valence-electron chi connectivity index (χ2n) is 8.36. The van der Waals surface area contributed by atoms with Crippen molar-refractivity contribution in [3.05, 3.63) is 46.3 Å². The molecule has 0 radical (unpaired) electrons. The maximum Gasteiger partial charge on any atom is 0.250 e.